The average Bonchev–Trinajstić information content (AvgIpc) is 2.40. The summed E-state index contributed by atoms with van der Waals surface area (Å²) in [5.74, 6) is 0.915. The molecule has 1 amide bonds. The van der Waals surface area contributed by atoms with Gasteiger partial charge in [0.2, 0.25) is 11.8 Å². The smallest absolute Gasteiger partial charge is 0.225 e. The summed E-state index contributed by atoms with van der Waals surface area (Å²) in [6.45, 7) is 5.41. The van der Waals surface area contributed by atoms with Crippen molar-refractivity contribution in [2.75, 3.05) is 13.1 Å². The Morgan fingerprint density at radius 2 is 2.17 bits per heavy atom. The number of rotatable bonds is 3. The molecule has 1 aromatic heterocycles. The van der Waals surface area contributed by atoms with E-state index in [0.29, 0.717) is 5.88 Å². The first kappa shape index (κ1) is 12.8. The number of aromatic nitrogens is 2. The normalized spacial score (nSPS) is 16.9. The fourth-order valence-electron chi connectivity index (χ4n) is 2.08. The summed E-state index contributed by atoms with van der Waals surface area (Å²) in [5, 5.41) is 0. The van der Waals surface area contributed by atoms with Crippen LogP contribution >= 0.6 is 0 Å². The van der Waals surface area contributed by atoms with E-state index < -0.39 is 0 Å². The van der Waals surface area contributed by atoms with Crippen LogP contribution < -0.4 is 4.74 Å². The van der Waals surface area contributed by atoms with Crippen molar-refractivity contribution in [1.29, 1.82) is 0 Å². The number of hydrogen-bond acceptors (Lipinski definition) is 4. The zero-order valence-corrected chi connectivity index (χ0v) is 10.9. The summed E-state index contributed by atoms with van der Waals surface area (Å²) in [4.78, 5) is 21.6. The number of hydrogen-bond donors (Lipinski definition) is 0. The van der Waals surface area contributed by atoms with Gasteiger partial charge in [-0.1, -0.05) is 13.8 Å². The summed E-state index contributed by atoms with van der Waals surface area (Å²) in [6, 6.07) is 1.76. The predicted molar refractivity (Wildman–Crippen MR) is 67.1 cm³/mol. The quantitative estimate of drug-likeness (QED) is 0.814. The number of amides is 1. The average molecular weight is 249 g/mol. The molecule has 98 valence electrons. The molecule has 1 aromatic rings. The van der Waals surface area contributed by atoms with Crippen molar-refractivity contribution in [2.24, 2.45) is 5.92 Å². The lowest BCUT2D eigenvalue weighted by atomic mass is 10.1. The molecule has 18 heavy (non-hydrogen) atoms. The highest BCUT2D eigenvalue weighted by Crippen LogP contribution is 2.17. The monoisotopic (exact) mass is 249 g/mol. The van der Waals surface area contributed by atoms with Gasteiger partial charge in [0.25, 0.3) is 0 Å². The van der Waals surface area contributed by atoms with Crippen LogP contribution in [0.2, 0.25) is 0 Å². The van der Waals surface area contributed by atoms with Gasteiger partial charge in [-0.05, 0) is 0 Å². The lowest BCUT2D eigenvalue weighted by Crippen LogP contribution is -2.43. The molecule has 1 fully saturated rings. The van der Waals surface area contributed by atoms with E-state index in [0.717, 1.165) is 25.9 Å². The highest BCUT2D eigenvalue weighted by molar-refractivity contribution is 5.78. The van der Waals surface area contributed by atoms with E-state index in [1.54, 1.807) is 12.3 Å². The molecule has 0 aromatic carbocycles. The van der Waals surface area contributed by atoms with Crippen LogP contribution in [-0.2, 0) is 4.79 Å². The van der Waals surface area contributed by atoms with Crippen LogP contribution in [0.3, 0.4) is 0 Å². The molecule has 0 atom stereocenters. The van der Waals surface area contributed by atoms with E-state index in [-0.39, 0.29) is 17.9 Å². The summed E-state index contributed by atoms with van der Waals surface area (Å²) in [5.41, 5.74) is 0. The van der Waals surface area contributed by atoms with E-state index >= 15 is 0 Å². The topological polar surface area (TPSA) is 55.3 Å². The van der Waals surface area contributed by atoms with Crippen LogP contribution in [0.15, 0.2) is 18.6 Å². The lowest BCUT2D eigenvalue weighted by Gasteiger charge is -2.32. The van der Waals surface area contributed by atoms with Gasteiger partial charge in [0, 0.05) is 44.1 Å². The molecule has 2 rings (SSSR count). The molecule has 5 heteroatoms. The van der Waals surface area contributed by atoms with Crippen LogP contribution in [0.1, 0.15) is 26.7 Å². The molecule has 5 nitrogen and oxygen atoms in total. The minimum atomic E-state index is 0.0735. The molecule has 0 bridgehead atoms. The van der Waals surface area contributed by atoms with E-state index in [1.165, 1.54) is 6.33 Å². The number of carbonyl (C=O) groups is 1. The molecular weight excluding hydrogens is 230 g/mol. The predicted octanol–water partition coefficient (Wildman–Crippen LogP) is 1.50. The number of piperidine rings is 1. The highest BCUT2D eigenvalue weighted by atomic mass is 16.5. The number of ether oxygens (including phenoxy) is 1. The maximum Gasteiger partial charge on any atom is 0.225 e. The van der Waals surface area contributed by atoms with Gasteiger partial charge in [0.15, 0.2) is 0 Å². The van der Waals surface area contributed by atoms with Crippen molar-refractivity contribution < 1.29 is 9.53 Å². The number of nitrogens with zero attached hydrogens (tertiary/aromatic N) is 3. The minimum absolute atomic E-state index is 0.0735. The first-order valence-electron chi connectivity index (χ1n) is 6.38. The molecule has 0 unspecified atom stereocenters. The third-order valence-corrected chi connectivity index (χ3v) is 3.09. The minimum Gasteiger partial charge on any atom is -0.474 e. The van der Waals surface area contributed by atoms with Gasteiger partial charge in [-0.2, -0.15) is 0 Å². The van der Waals surface area contributed by atoms with Gasteiger partial charge in [-0.15, -0.1) is 0 Å². The van der Waals surface area contributed by atoms with Gasteiger partial charge in [-0.25, -0.2) is 9.97 Å². The maximum atomic E-state index is 11.8. The molecule has 2 heterocycles. The lowest BCUT2D eigenvalue weighted by molar-refractivity contribution is -0.136. The van der Waals surface area contributed by atoms with Crippen LogP contribution in [0.25, 0.3) is 0 Å². The van der Waals surface area contributed by atoms with Crippen molar-refractivity contribution in [2.45, 2.75) is 32.8 Å². The second kappa shape index (κ2) is 5.80. The first-order valence-corrected chi connectivity index (χ1v) is 6.38. The molecule has 0 saturated carbocycles. The van der Waals surface area contributed by atoms with Gasteiger partial charge < -0.3 is 9.64 Å². The third-order valence-electron chi connectivity index (χ3n) is 3.09. The zero-order chi connectivity index (χ0) is 13.0. The Labute approximate surface area is 107 Å². The summed E-state index contributed by atoms with van der Waals surface area (Å²) in [7, 11) is 0. The fraction of sp³-hybridized carbons (Fsp3) is 0.615. The second-order valence-corrected chi connectivity index (χ2v) is 4.84. The maximum absolute atomic E-state index is 11.8. The van der Waals surface area contributed by atoms with Crippen LogP contribution in [0.4, 0.5) is 0 Å². The number of likely N-dealkylation sites (tertiary alicyclic amines) is 1. The van der Waals surface area contributed by atoms with E-state index in [2.05, 4.69) is 9.97 Å². The Morgan fingerprint density at radius 1 is 1.44 bits per heavy atom. The Hall–Kier alpha value is -1.65. The molecule has 1 aliphatic rings. The van der Waals surface area contributed by atoms with Crippen molar-refractivity contribution in [3.63, 3.8) is 0 Å². The summed E-state index contributed by atoms with van der Waals surface area (Å²) in [6.07, 6.45) is 5.02. The van der Waals surface area contributed by atoms with Crippen molar-refractivity contribution in [1.82, 2.24) is 14.9 Å². The van der Waals surface area contributed by atoms with Gasteiger partial charge >= 0.3 is 0 Å². The molecule has 1 saturated heterocycles. The Bertz CT molecular complexity index is 386. The molecule has 0 radical (unpaired) electrons. The molecular formula is C13H19N3O2. The Morgan fingerprint density at radius 3 is 2.72 bits per heavy atom. The van der Waals surface area contributed by atoms with E-state index in [9.17, 15) is 4.79 Å². The molecule has 0 N–H and O–H groups in total. The second-order valence-electron chi connectivity index (χ2n) is 4.84. The SMILES string of the molecule is CC(C)C(=O)N1CCC(Oc2ccncn2)CC1. The van der Waals surface area contributed by atoms with Gasteiger partial charge in [0.1, 0.15) is 12.4 Å². The van der Waals surface area contributed by atoms with Gasteiger partial charge in [-0.3, -0.25) is 4.79 Å². The van der Waals surface area contributed by atoms with E-state index in [4.69, 9.17) is 4.74 Å². The van der Waals surface area contributed by atoms with Crippen LogP contribution in [0.5, 0.6) is 5.88 Å². The summed E-state index contributed by atoms with van der Waals surface area (Å²) < 4.78 is 5.75. The van der Waals surface area contributed by atoms with Crippen LogP contribution in [0, 0.1) is 5.92 Å². The van der Waals surface area contributed by atoms with Crippen molar-refractivity contribution in [3.05, 3.63) is 18.6 Å². The largest absolute Gasteiger partial charge is 0.474 e. The van der Waals surface area contributed by atoms with Crippen molar-refractivity contribution in [3.8, 4) is 5.88 Å². The van der Waals surface area contributed by atoms with E-state index in [1.807, 2.05) is 18.7 Å². The van der Waals surface area contributed by atoms with Gasteiger partial charge in [0.05, 0.1) is 0 Å². The fourth-order valence-corrected chi connectivity index (χ4v) is 2.08. The Kier molecular flexibility index (Phi) is 4.12. The zero-order valence-electron chi connectivity index (χ0n) is 10.9. The van der Waals surface area contributed by atoms with Crippen molar-refractivity contribution >= 4 is 5.91 Å². The number of carbonyl (C=O) groups excluding carboxylic acids is 1. The first-order chi connectivity index (χ1) is 8.66. The Balaban J connectivity index is 1.82. The molecule has 0 spiro atoms. The van der Waals surface area contributed by atoms with Crippen LogP contribution in [-0.4, -0.2) is 40.0 Å². The summed E-state index contributed by atoms with van der Waals surface area (Å²) >= 11 is 0. The highest BCUT2D eigenvalue weighted by Gasteiger charge is 2.25. The third kappa shape index (κ3) is 3.18. The molecule has 0 aliphatic carbocycles. The molecule has 1 aliphatic heterocycles. The standard InChI is InChI=1S/C13H19N3O2/c1-10(2)13(17)16-7-4-11(5-8-16)18-12-3-6-14-9-15-12/h3,6,9-11H,4-5,7-8H2,1-2H3.